The van der Waals surface area contributed by atoms with Crippen LogP contribution < -0.4 is 19.6 Å². The molecule has 35 heteroatoms. The lowest BCUT2D eigenvalue weighted by molar-refractivity contribution is -0.253. The number of aliphatic hydroxyl groups is 4. The maximum absolute atomic E-state index is 15.1. The van der Waals surface area contributed by atoms with Gasteiger partial charge in [-0.3, -0.25) is 38.2 Å². The zero-order valence-electron chi connectivity index (χ0n) is 62.3. The van der Waals surface area contributed by atoms with Crippen LogP contribution in [0.1, 0.15) is 74.2 Å². The van der Waals surface area contributed by atoms with Gasteiger partial charge >= 0.3 is 24.7 Å². The Morgan fingerprint density at radius 2 is 0.683 bits per heavy atom. The minimum atomic E-state index is -5.22. The molecule has 0 saturated carbocycles. The van der Waals surface area contributed by atoms with Crippen molar-refractivity contribution in [2.24, 2.45) is 28.2 Å². The fraction of sp³-hybridized carbons (Fsp3) is 0.227. The van der Waals surface area contributed by atoms with E-state index in [9.17, 15) is 101 Å². The molecule has 4 atom stereocenters. The van der Waals surface area contributed by atoms with Crippen LogP contribution in [-0.2, 0) is 96.0 Å². The molecule has 13 aromatic rings. The van der Waals surface area contributed by atoms with Crippen LogP contribution in [0.5, 0.6) is 0 Å². The van der Waals surface area contributed by atoms with Crippen molar-refractivity contribution in [2.75, 3.05) is 19.6 Å². The smallest absolute Gasteiger partial charge is 0.368 e. The van der Waals surface area contributed by atoms with Gasteiger partial charge in [-0.25, -0.2) is 13.2 Å². The van der Waals surface area contributed by atoms with Gasteiger partial charge in [0.2, 0.25) is 0 Å². The molecule has 9 heterocycles. The number of nitrogens with zero attached hydrogens (tertiary/aromatic N) is 12. The minimum absolute atomic E-state index is 0. The monoisotopic (exact) mass is 1720 g/mol. The first kappa shape index (κ1) is 92.0. The lowest BCUT2D eigenvalue weighted by atomic mass is 9.95. The second kappa shape index (κ2) is 34.0. The average molecular weight is 1720 g/mol. The number of aryl methyl sites for hydroxylation is 4. The topological polar surface area (TPSA) is 233 Å². The summed E-state index contributed by atoms with van der Waals surface area (Å²) in [4.78, 5) is 58.0. The molecule has 4 aliphatic rings. The molecule has 4 aliphatic heterocycles. The van der Waals surface area contributed by atoms with Gasteiger partial charge in [0.25, 0.3) is 46.0 Å². The van der Waals surface area contributed by atoms with Crippen LogP contribution in [0.25, 0.3) is 55.4 Å². The zero-order valence-corrected chi connectivity index (χ0v) is 62.3. The lowest BCUT2D eigenvalue weighted by Gasteiger charge is -2.25. The summed E-state index contributed by atoms with van der Waals surface area (Å²) in [7, 11) is 7.04. The molecular formula is C88H79F15N12O8. The van der Waals surface area contributed by atoms with Gasteiger partial charge in [-0.1, -0.05) is 163 Å². The molecule has 0 bridgehead atoms. The highest BCUT2D eigenvalue weighted by molar-refractivity contribution is 6.10. The van der Waals surface area contributed by atoms with Gasteiger partial charge < -0.3 is 44.6 Å². The number of alkyl halides is 12. The van der Waals surface area contributed by atoms with Crippen molar-refractivity contribution in [2.45, 2.75) is 103 Å². The Bertz CT molecular complexity index is 5970. The Kier molecular flexibility index (Phi) is 25.4. The van der Waals surface area contributed by atoms with Gasteiger partial charge in [-0.05, 0) is 81.7 Å². The number of benzene rings is 8. The molecule has 8 aromatic carbocycles. The number of hydrogen-bond donors (Lipinski definition) is 4. The quantitative estimate of drug-likeness (QED) is 0.0837. The van der Waals surface area contributed by atoms with Crippen molar-refractivity contribution in [3.8, 4) is 44.6 Å². The first-order chi connectivity index (χ1) is 56.1. The number of carbonyl (C=O) groups is 4. The van der Waals surface area contributed by atoms with Crippen LogP contribution in [-0.4, -0.2) is 108 Å². The average Bonchev–Trinajstić information content (AvgIpc) is 1.58. The summed E-state index contributed by atoms with van der Waals surface area (Å²) in [6.07, 6.45) is -5.71. The summed E-state index contributed by atoms with van der Waals surface area (Å²) < 4.78 is 214. The first-order valence-electron chi connectivity index (χ1n) is 35.7. The third-order valence-electron chi connectivity index (χ3n) is 20.7. The van der Waals surface area contributed by atoms with Crippen molar-refractivity contribution in [3.05, 3.63) is 300 Å². The Labute approximate surface area is 693 Å². The normalized spacial score (nSPS) is 18.2. The third kappa shape index (κ3) is 16.2. The van der Waals surface area contributed by atoms with Crippen LogP contribution >= 0.6 is 0 Å². The van der Waals surface area contributed by atoms with Crippen LogP contribution in [0.15, 0.2) is 238 Å². The molecule has 0 saturated heterocycles. The molecule has 5 aromatic heterocycles. The van der Waals surface area contributed by atoms with Gasteiger partial charge in [0.1, 0.15) is 17.5 Å². The van der Waals surface area contributed by atoms with E-state index in [1.54, 1.807) is 68.8 Å². The summed E-state index contributed by atoms with van der Waals surface area (Å²) in [5.74, 6) is -7.84. The molecule has 0 spiro atoms. The molecule has 17 rings (SSSR count). The number of carbonyl (C=O) groups excluding carboxylic acids is 4. The maximum Gasteiger partial charge on any atom is 0.430 e. The number of amides is 4. The standard InChI is InChI=1S/C25H18F4N2O2.2C20H15F4N3O2.C19H15F3N4O2.4CH4/c1-30-12-16-5-4-6-18(19(16)14-30)15-9-10-17(21(26)11-15)13-31-22-8-3-2-7-20(22)24(33,23(31)32)25(27,28)29;2*1-26-11-13(9-25-26)14-7-6-12(8-16(14)21)10-27-17-5-3-2-4-15(17)19(29,18(27)28)20(22,23)24;1-25-11-13(9-24-25)15-7-6-12(8-23-15)10-26-16-5-3-2-4-14(16)18(28,17(26)27)19(20,21)22;;;;/h2-12,14,33H,13H2,1H3;2*2-9,11,29H,10H2,1H3;2-9,11,28H,10H2,1H3;4*1H4. The zero-order chi connectivity index (χ0) is 85.6. The highest BCUT2D eigenvalue weighted by atomic mass is 19.4. The van der Waals surface area contributed by atoms with Gasteiger partial charge in [0.05, 0.1) is 73.2 Å². The molecule has 0 aliphatic carbocycles. The predicted molar refractivity (Wildman–Crippen MR) is 429 cm³/mol. The van der Waals surface area contributed by atoms with Crippen molar-refractivity contribution in [3.63, 3.8) is 0 Å². The molecule has 4 unspecified atom stereocenters. The van der Waals surface area contributed by atoms with E-state index in [0.717, 1.165) is 77.9 Å². The fourth-order valence-electron chi connectivity index (χ4n) is 14.7. The number of rotatable bonds is 12. The second-order valence-electron chi connectivity index (χ2n) is 28.4. The number of halogens is 15. The summed E-state index contributed by atoms with van der Waals surface area (Å²) in [5.41, 5.74) is -11.1. The Morgan fingerprint density at radius 3 is 1.02 bits per heavy atom. The van der Waals surface area contributed by atoms with E-state index in [-0.39, 0.29) is 99.9 Å². The molecule has 0 radical (unpaired) electrons. The molecule has 123 heavy (non-hydrogen) atoms. The van der Waals surface area contributed by atoms with Gasteiger partial charge in [-0.2, -0.15) is 68.0 Å². The SMILES string of the molecule is C.C.C.C.Cn1cc(-c2ccc(CN3C(=O)C(O)(C(F)(F)F)c4ccccc43)cc2F)cn1.Cn1cc(-c2ccc(CN3C(=O)C(O)(C(F)(F)F)c4ccccc43)cc2F)cn1.Cn1cc(-c2ccc(CN3C(=O)C(O)(C(F)(F)F)c4ccccc43)cn2)cn1.Cn1cc2cccc(-c3ccc(CN4C(=O)C(O)(C(F)(F)F)c5ccccc54)c(F)c3)c2c1. The molecule has 644 valence electrons. The van der Waals surface area contributed by atoms with Gasteiger partial charge in [0, 0.05) is 126 Å². The third-order valence-corrected chi connectivity index (χ3v) is 20.7. The van der Waals surface area contributed by atoms with E-state index < -0.39 is 117 Å². The molecule has 4 amide bonds. The minimum Gasteiger partial charge on any atom is -0.368 e. The van der Waals surface area contributed by atoms with Gasteiger partial charge in [-0.15, -0.1) is 0 Å². The highest BCUT2D eigenvalue weighted by Crippen LogP contribution is 2.54. The van der Waals surface area contributed by atoms with Crippen LogP contribution in [0, 0.1) is 17.5 Å². The fourth-order valence-corrected chi connectivity index (χ4v) is 14.7. The van der Waals surface area contributed by atoms with E-state index in [1.165, 1.54) is 137 Å². The molecular weight excluding hydrogens is 1640 g/mol. The van der Waals surface area contributed by atoms with Crippen molar-refractivity contribution < 1.29 is 105 Å². The predicted octanol–water partition coefficient (Wildman–Crippen LogP) is 17.7. The second-order valence-corrected chi connectivity index (χ2v) is 28.4. The largest absolute Gasteiger partial charge is 0.430 e. The summed E-state index contributed by atoms with van der Waals surface area (Å²) in [6, 6.07) is 42.6. The number of fused-ring (bicyclic) bond motifs is 5. The highest BCUT2D eigenvalue weighted by Gasteiger charge is 2.70. The summed E-state index contributed by atoms with van der Waals surface area (Å²) >= 11 is 0. The molecule has 4 N–H and O–H groups in total. The Morgan fingerprint density at radius 1 is 0.333 bits per heavy atom. The number of anilines is 4. The molecule has 20 nitrogen and oxygen atoms in total. The van der Waals surface area contributed by atoms with Crippen molar-refractivity contribution in [1.82, 2.24) is 38.9 Å². The van der Waals surface area contributed by atoms with Crippen LogP contribution in [0.3, 0.4) is 0 Å². The van der Waals surface area contributed by atoms with Crippen molar-refractivity contribution in [1.29, 1.82) is 0 Å². The summed E-state index contributed by atoms with van der Waals surface area (Å²) in [5, 5.41) is 55.0. The van der Waals surface area contributed by atoms with E-state index in [1.807, 2.05) is 42.2 Å². The summed E-state index contributed by atoms with van der Waals surface area (Å²) in [6.45, 7) is -1.23. The number of aromatic nitrogens is 8. The van der Waals surface area contributed by atoms with E-state index >= 15 is 4.39 Å². The molecule has 0 fully saturated rings. The lowest BCUT2D eigenvalue weighted by Crippen LogP contribution is -2.50. The van der Waals surface area contributed by atoms with Gasteiger partial charge in [0.15, 0.2) is 0 Å². The maximum atomic E-state index is 15.1. The Hall–Kier alpha value is -13.3. The number of hydrogen-bond acceptors (Lipinski definition) is 12. The van der Waals surface area contributed by atoms with Crippen LogP contribution in [0.4, 0.5) is 88.6 Å². The van der Waals surface area contributed by atoms with Crippen molar-refractivity contribution >= 4 is 57.2 Å². The number of para-hydroxylation sites is 4. The number of pyridine rings is 1. The first-order valence-corrected chi connectivity index (χ1v) is 35.7. The Balaban J connectivity index is 0.000000170. The van der Waals surface area contributed by atoms with E-state index in [4.69, 9.17) is 0 Å². The van der Waals surface area contributed by atoms with E-state index in [0.29, 0.717) is 27.9 Å². The van der Waals surface area contributed by atoms with Crippen LogP contribution in [0.2, 0.25) is 0 Å². The van der Waals surface area contributed by atoms with E-state index in [2.05, 4.69) is 20.3 Å².